The Morgan fingerprint density at radius 1 is 1.42 bits per heavy atom. The molecule has 3 heteroatoms. The quantitative estimate of drug-likeness (QED) is 0.835. The van der Waals surface area contributed by atoms with Gasteiger partial charge in [-0.25, -0.2) is 0 Å². The Hall–Kier alpha value is -1.64. The fraction of sp³-hybridized carbons (Fsp3) is 0.500. The Kier molecular flexibility index (Phi) is 3.74. The summed E-state index contributed by atoms with van der Waals surface area (Å²) in [5.41, 5.74) is 2.01. The van der Waals surface area contributed by atoms with Crippen molar-refractivity contribution in [2.75, 3.05) is 0 Å². The average Bonchev–Trinajstić information content (AvgIpc) is 2.69. The van der Waals surface area contributed by atoms with E-state index in [-0.39, 0.29) is 11.2 Å². The molecule has 0 fully saturated rings. The van der Waals surface area contributed by atoms with Crippen LogP contribution < -0.4 is 0 Å². The molecule has 0 bridgehead atoms. The van der Waals surface area contributed by atoms with Crippen molar-refractivity contribution in [3.05, 3.63) is 30.2 Å². The van der Waals surface area contributed by atoms with E-state index >= 15 is 0 Å². The number of rotatable bonds is 4. The highest BCUT2D eigenvalue weighted by Gasteiger charge is 2.20. The molecule has 1 unspecified atom stereocenters. The molecular formula is C16H22N2O. The molecule has 0 aliphatic heterocycles. The molecule has 19 heavy (non-hydrogen) atoms. The first-order chi connectivity index (χ1) is 8.87. The number of nitrogens with one attached hydrogen (secondary N) is 1. The van der Waals surface area contributed by atoms with Crippen LogP contribution in [-0.2, 0) is 0 Å². The van der Waals surface area contributed by atoms with Crippen molar-refractivity contribution in [2.24, 2.45) is 11.3 Å². The monoisotopic (exact) mass is 258 g/mol. The normalized spacial score (nSPS) is 13.7. The van der Waals surface area contributed by atoms with Crippen LogP contribution in [0.2, 0.25) is 0 Å². The first-order valence-corrected chi connectivity index (χ1v) is 6.81. The highest BCUT2D eigenvalue weighted by Crippen LogP contribution is 2.28. The van der Waals surface area contributed by atoms with Crippen LogP contribution in [0.25, 0.3) is 10.9 Å². The van der Waals surface area contributed by atoms with E-state index in [9.17, 15) is 4.79 Å². The largest absolute Gasteiger partial charge is 0.360 e. The molecule has 0 aromatic carbocycles. The predicted octanol–water partition coefficient (Wildman–Crippen LogP) is 4.21. The highest BCUT2D eigenvalue weighted by molar-refractivity contribution is 6.07. The van der Waals surface area contributed by atoms with Crippen LogP contribution in [0, 0.1) is 11.3 Å². The number of hydrogen-bond acceptors (Lipinski definition) is 2. The maximum Gasteiger partial charge on any atom is 0.165 e. The van der Waals surface area contributed by atoms with Crippen molar-refractivity contribution >= 4 is 16.7 Å². The van der Waals surface area contributed by atoms with Crippen LogP contribution in [0.4, 0.5) is 0 Å². The number of ketones is 1. The van der Waals surface area contributed by atoms with Gasteiger partial charge in [-0.2, -0.15) is 0 Å². The van der Waals surface area contributed by atoms with Crippen LogP contribution in [0.3, 0.4) is 0 Å². The van der Waals surface area contributed by atoms with Crippen molar-refractivity contribution in [2.45, 2.75) is 40.5 Å². The second-order valence-corrected chi connectivity index (χ2v) is 6.62. The standard InChI is InChI=1S/C16H22N2O/c1-11(8-16(2,3)4)7-15(19)13-10-18-14-5-6-17-9-12(13)14/h5-6,9-11,18H,7-8H2,1-4H3. The van der Waals surface area contributed by atoms with E-state index < -0.39 is 0 Å². The number of aromatic nitrogens is 2. The molecule has 1 atom stereocenters. The number of H-pyrrole nitrogens is 1. The number of carbonyl (C=O) groups is 1. The lowest BCUT2D eigenvalue weighted by molar-refractivity contribution is 0.0956. The lowest BCUT2D eigenvalue weighted by Gasteiger charge is -2.22. The second-order valence-electron chi connectivity index (χ2n) is 6.62. The number of Topliss-reactive ketones (excluding diaryl/α,β-unsaturated/α-hetero) is 1. The summed E-state index contributed by atoms with van der Waals surface area (Å²) in [7, 11) is 0. The van der Waals surface area contributed by atoms with Crippen LogP contribution in [0.1, 0.15) is 50.9 Å². The van der Waals surface area contributed by atoms with Crippen LogP contribution >= 0.6 is 0 Å². The van der Waals surface area contributed by atoms with Crippen LogP contribution in [0.5, 0.6) is 0 Å². The summed E-state index contributed by atoms with van der Waals surface area (Å²) in [6.07, 6.45) is 6.94. The Morgan fingerprint density at radius 3 is 2.84 bits per heavy atom. The molecule has 2 aromatic rings. The van der Waals surface area contributed by atoms with E-state index in [1.165, 1.54) is 0 Å². The van der Waals surface area contributed by atoms with Crippen molar-refractivity contribution in [1.29, 1.82) is 0 Å². The van der Waals surface area contributed by atoms with Gasteiger partial charge < -0.3 is 4.98 Å². The van der Waals surface area contributed by atoms with Crippen molar-refractivity contribution in [3.8, 4) is 0 Å². The Balaban J connectivity index is 2.12. The van der Waals surface area contributed by atoms with Gasteiger partial charge in [0, 0.05) is 41.5 Å². The molecule has 2 rings (SSSR count). The molecule has 0 amide bonds. The summed E-state index contributed by atoms with van der Waals surface area (Å²) < 4.78 is 0. The van der Waals surface area contributed by atoms with E-state index in [0.29, 0.717) is 12.3 Å². The van der Waals surface area contributed by atoms with Crippen molar-refractivity contribution < 1.29 is 4.79 Å². The molecule has 1 N–H and O–H groups in total. The third kappa shape index (κ3) is 3.43. The third-order valence-corrected chi connectivity index (χ3v) is 3.28. The lowest BCUT2D eigenvalue weighted by atomic mass is 9.83. The first kappa shape index (κ1) is 13.8. The third-order valence-electron chi connectivity index (χ3n) is 3.28. The topological polar surface area (TPSA) is 45.8 Å². The Labute approximate surface area is 114 Å². The number of fused-ring (bicyclic) bond motifs is 1. The molecule has 3 nitrogen and oxygen atoms in total. The molecule has 0 spiro atoms. The van der Waals surface area contributed by atoms with E-state index in [4.69, 9.17) is 0 Å². The number of nitrogens with zero attached hydrogens (tertiary/aromatic N) is 1. The molecule has 102 valence electrons. The Morgan fingerprint density at radius 2 is 2.16 bits per heavy atom. The van der Waals surface area contributed by atoms with Crippen molar-refractivity contribution in [1.82, 2.24) is 9.97 Å². The summed E-state index contributed by atoms with van der Waals surface area (Å²) >= 11 is 0. The number of pyridine rings is 1. The van der Waals surface area contributed by atoms with Gasteiger partial charge in [0.2, 0.25) is 0 Å². The summed E-state index contributed by atoms with van der Waals surface area (Å²) in [6.45, 7) is 8.78. The molecule has 0 saturated heterocycles. The average molecular weight is 258 g/mol. The summed E-state index contributed by atoms with van der Waals surface area (Å²) in [5, 5.41) is 0.926. The molecule has 2 aromatic heterocycles. The molecule has 0 radical (unpaired) electrons. The first-order valence-electron chi connectivity index (χ1n) is 6.81. The van der Waals surface area contributed by atoms with Gasteiger partial charge in [-0.05, 0) is 23.8 Å². The molecule has 2 heterocycles. The van der Waals surface area contributed by atoms with Gasteiger partial charge in [0.05, 0.1) is 0 Å². The minimum atomic E-state index is 0.205. The maximum atomic E-state index is 12.4. The SMILES string of the molecule is CC(CC(=O)c1c[nH]c2ccncc12)CC(C)(C)C. The molecule has 0 aliphatic rings. The number of carbonyl (C=O) groups excluding carboxylic acids is 1. The van der Waals surface area contributed by atoms with E-state index in [1.54, 1.807) is 18.6 Å². The van der Waals surface area contributed by atoms with Gasteiger partial charge in [-0.1, -0.05) is 27.7 Å². The molecule has 0 saturated carbocycles. The minimum Gasteiger partial charge on any atom is -0.360 e. The molecular weight excluding hydrogens is 236 g/mol. The van der Waals surface area contributed by atoms with Crippen LogP contribution in [0.15, 0.2) is 24.7 Å². The summed E-state index contributed by atoms with van der Waals surface area (Å²) in [4.78, 5) is 19.6. The van der Waals surface area contributed by atoms with Gasteiger partial charge in [0.1, 0.15) is 0 Å². The summed E-state index contributed by atoms with van der Waals surface area (Å²) in [6, 6.07) is 1.89. The van der Waals surface area contributed by atoms with Gasteiger partial charge in [0.15, 0.2) is 5.78 Å². The van der Waals surface area contributed by atoms with Gasteiger partial charge >= 0.3 is 0 Å². The van der Waals surface area contributed by atoms with Gasteiger partial charge in [0.25, 0.3) is 0 Å². The minimum absolute atomic E-state index is 0.205. The fourth-order valence-corrected chi connectivity index (χ4v) is 2.74. The van der Waals surface area contributed by atoms with Gasteiger partial charge in [-0.3, -0.25) is 9.78 Å². The van der Waals surface area contributed by atoms with E-state index in [0.717, 1.165) is 22.9 Å². The van der Waals surface area contributed by atoms with Crippen LogP contribution in [-0.4, -0.2) is 15.8 Å². The zero-order chi connectivity index (χ0) is 14.0. The lowest BCUT2D eigenvalue weighted by Crippen LogP contribution is -2.14. The Bertz CT molecular complexity index is 578. The van der Waals surface area contributed by atoms with Gasteiger partial charge in [-0.15, -0.1) is 0 Å². The number of hydrogen-bond donors (Lipinski definition) is 1. The second kappa shape index (κ2) is 5.16. The zero-order valence-electron chi connectivity index (χ0n) is 12.2. The highest BCUT2D eigenvalue weighted by atomic mass is 16.1. The molecule has 0 aliphatic carbocycles. The zero-order valence-corrected chi connectivity index (χ0v) is 12.2. The fourth-order valence-electron chi connectivity index (χ4n) is 2.74. The van der Waals surface area contributed by atoms with Crippen molar-refractivity contribution in [3.63, 3.8) is 0 Å². The predicted molar refractivity (Wildman–Crippen MR) is 78.3 cm³/mol. The number of aromatic amines is 1. The van der Waals surface area contributed by atoms with E-state index in [2.05, 4.69) is 37.7 Å². The maximum absolute atomic E-state index is 12.4. The summed E-state index contributed by atoms with van der Waals surface area (Å²) in [5.74, 6) is 0.602. The van der Waals surface area contributed by atoms with E-state index in [1.807, 2.05) is 6.07 Å². The smallest absolute Gasteiger partial charge is 0.165 e.